The monoisotopic (exact) mass is 490 g/mol. The van der Waals surface area contributed by atoms with E-state index in [0.717, 1.165) is 5.56 Å². The molecular weight excluding hydrogens is 468 g/mol. The molecule has 9 heteroatoms. The molecule has 0 bridgehead atoms. The fourth-order valence-electron chi connectivity index (χ4n) is 3.79. The minimum absolute atomic E-state index is 0.129. The number of nitrogens with zero attached hydrogens (tertiary/aromatic N) is 2. The zero-order valence-corrected chi connectivity index (χ0v) is 20.1. The van der Waals surface area contributed by atoms with Gasteiger partial charge in [-0.15, -0.1) is 0 Å². The van der Waals surface area contributed by atoms with Crippen molar-refractivity contribution in [3.8, 4) is 17.0 Å². The molecule has 2 N–H and O–H groups in total. The largest absolute Gasteiger partial charge is 0.495 e. The van der Waals surface area contributed by atoms with Crippen LogP contribution < -0.4 is 20.9 Å². The minimum atomic E-state index is -0.464. The predicted molar refractivity (Wildman–Crippen MR) is 137 cm³/mol. The Morgan fingerprint density at radius 2 is 1.80 bits per heavy atom. The van der Waals surface area contributed by atoms with Gasteiger partial charge in [-0.1, -0.05) is 35.4 Å². The second-order valence-corrected chi connectivity index (χ2v) is 8.40. The van der Waals surface area contributed by atoms with Crippen molar-refractivity contribution in [1.29, 1.82) is 0 Å². The molecule has 0 saturated carbocycles. The van der Waals surface area contributed by atoms with E-state index in [0.29, 0.717) is 38.7 Å². The number of carbonyl (C=O) groups is 2. The van der Waals surface area contributed by atoms with Crippen LogP contribution in [0.4, 0.5) is 11.4 Å². The van der Waals surface area contributed by atoms with Crippen molar-refractivity contribution >= 4 is 45.8 Å². The number of nitrogens with one attached hydrogen (secondary N) is 2. The summed E-state index contributed by atoms with van der Waals surface area (Å²) in [5.74, 6) is -0.276. The second-order valence-electron chi connectivity index (χ2n) is 7.96. The number of hydrogen-bond donors (Lipinski definition) is 2. The summed E-state index contributed by atoms with van der Waals surface area (Å²) in [6, 6.07) is 17.3. The first-order valence-electron chi connectivity index (χ1n) is 10.8. The molecule has 0 spiro atoms. The summed E-state index contributed by atoms with van der Waals surface area (Å²) in [4.78, 5) is 43.0. The van der Waals surface area contributed by atoms with Crippen molar-refractivity contribution in [2.24, 2.45) is 0 Å². The molecule has 0 saturated heterocycles. The fourth-order valence-corrected chi connectivity index (χ4v) is 3.96. The number of benzene rings is 3. The summed E-state index contributed by atoms with van der Waals surface area (Å²) >= 11 is 6.07. The fraction of sp³-hybridized carbons (Fsp3) is 0.154. The van der Waals surface area contributed by atoms with Crippen LogP contribution in [0.1, 0.15) is 12.5 Å². The molecule has 0 atom stereocenters. The van der Waals surface area contributed by atoms with E-state index in [1.54, 1.807) is 54.6 Å². The lowest BCUT2D eigenvalue weighted by atomic mass is 10.1. The predicted octanol–water partition coefficient (Wildman–Crippen LogP) is 4.63. The number of anilines is 2. The number of aryl methyl sites for hydroxylation is 1. The molecule has 8 nitrogen and oxygen atoms in total. The number of ether oxygens (including phenoxy) is 1. The summed E-state index contributed by atoms with van der Waals surface area (Å²) in [7, 11) is 1.49. The number of methoxy groups -OCH3 is 1. The van der Waals surface area contributed by atoms with Crippen LogP contribution in [0.5, 0.6) is 5.75 Å². The molecule has 4 aromatic rings. The van der Waals surface area contributed by atoms with Crippen molar-refractivity contribution in [2.75, 3.05) is 17.7 Å². The van der Waals surface area contributed by atoms with Crippen LogP contribution >= 0.6 is 11.6 Å². The maximum Gasteiger partial charge on any atom is 0.278 e. The van der Waals surface area contributed by atoms with Crippen molar-refractivity contribution in [2.45, 2.75) is 20.4 Å². The maximum absolute atomic E-state index is 13.7. The van der Waals surface area contributed by atoms with Gasteiger partial charge in [-0.2, -0.15) is 0 Å². The van der Waals surface area contributed by atoms with E-state index in [4.69, 9.17) is 16.3 Å². The number of rotatable bonds is 6. The number of para-hydroxylation sites is 2. The summed E-state index contributed by atoms with van der Waals surface area (Å²) in [5.41, 5.74) is 2.92. The number of hydrogen-bond acceptors (Lipinski definition) is 5. The Balaban J connectivity index is 1.82. The third-order valence-corrected chi connectivity index (χ3v) is 5.57. The lowest BCUT2D eigenvalue weighted by molar-refractivity contribution is -0.117. The normalized spacial score (nSPS) is 10.7. The Kier molecular flexibility index (Phi) is 6.84. The number of fused-ring (bicyclic) bond motifs is 1. The van der Waals surface area contributed by atoms with Gasteiger partial charge in [0.1, 0.15) is 18.0 Å². The van der Waals surface area contributed by atoms with Crippen LogP contribution in [0.3, 0.4) is 0 Å². The van der Waals surface area contributed by atoms with Crippen molar-refractivity contribution in [3.63, 3.8) is 0 Å². The molecule has 35 heavy (non-hydrogen) atoms. The van der Waals surface area contributed by atoms with E-state index < -0.39 is 11.5 Å². The number of carbonyl (C=O) groups excluding carboxylic acids is 2. The highest BCUT2D eigenvalue weighted by Crippen LogP contribution is 2.29. The van der Waals surface area contributed by atoms with Gasteiger partial charge in [-0.05, 0) is 49.4 Å². The zero-order chi connectivity index (χ0) is 25.1. The molecule has 0 aliphatic heterocycles. The molecule has 4 rings (SSSR count). The van der Waals surface area contributed by atoms with Gasteiger partial charge in [0.15, 0.2) is 0 Å². The smallest absolute Gasteiger partial charge is 0.278 e. The van der Waals surface area contributed by atoms with Gasteiger partial charge in [0.05, 0.1) is 29.5 Å². The zero-order valence-electron chi connectivity index (χ0n) is 19.4. The molecule has 0 aliphatic carbocycles. The average Bonchev–Trinajstić information content (AvgIpc) is 2.82. The number of amides is 2. The van der Waals surface area contributed by atoms with E-state index in [2.05, 4.69) is 15.6 Å². The first-order valence-corrected chi connectivity index (χ1v) is 11.2. The molecule has 0 fully saturated rings. The maximum atomic E-state index is 13.7. The van der Waals surface area contributed by atoms with Gasteiger partial charge >= 0.3 is 0 Å². The quantitative estimate of drug-likeness (QED) is 0.410. The average molecular weight is 491 g/mol. The Bertz CT molecular complexity index is 1510. The molecule has 2 amide bonds. The first kappa shape index (κ1) is 24.0. The Labute approximate surface area is 206 Å². The highest BCUT2D eigenvalue weighted by atomic mass is 35.5. The molecular formula is C26H23ClN4O4. The van der Waals surface area contributed by atoms with Gasteiger partial charge in [-0.3, -0.25) is 19.0 Å². The molecule has 0 unspecified atom stereocenters. The van der Waals surface area contributed by atoms with E-state index in [-0.39, 0.29) is 18.1 Å². The topological polar surface area (TPSA) is 102 Å². The van der Waals surface area contributed by atoms with E-state index >= 15 is 0 Å². The van der Waals surface area contributed by atoms with Gasteiger partial charge in [0.2, 0.25) is 11.8 Å². The number of aromatic nitrogens is 2. The molecule has 1 heterocycles. The van der Waals surface area contributed by atoms with Crippen molar-refractivity contribution in [1.82, 2.24) is 9.55 Å². The van der Waals surface area contributed by atoms with Gasteiger partial charge in [0.25, 0.3) is 5.56 Å². The van der Waals surface area contributed by atoms with Crippen LogP contribution in [0.25, 0.3) is 22.3 Å². The van der Waals surface area contributed by atoms with Crippen LogP contribution in [0, 0.1) is 6.92 Å². The summed E-state index contributed by atoms with van der Waals surface area (Å²) < 4.78 is 6.66. The summed E-state index contributed by atoms with van der Waals surface area (Å²) in [6.07, 6.45) is 0. The van der Waals surface area contributed by atoms with Crippen molar-refractivity contribution < 1.29 is 14.3 Å². The summed E-state index contributed by atoms with van der Waals surface area (Å²) in [6.45, 7) is 3.00. The summed E-state index contributed by atoms with van der Waals surface area (Å²) in [5, 5.41) is 5.95. The van der Waals surface area contributed by atoms with E-state index in [1.165, 1.54) is 18.6 Å². The third-order valence-electron chi connectivity index (χ3n) is 5.33. The van der Waals surface area contributed by atoms with Crippen molar-refractivity contribution in [3.05, 3.63) is 81.6 Å². The van der Waals surface area contributed by atoms with Gasteiger partial charge < -0.3 is 15.4 Å². The Morgan fingerprint density at radius 1 is 1.03 bits per heavy atom. The highest BCUT2D eigenvalue weighted by molar-refractivity contribution is 6.31. The highest BCUT2D eigenvalue weighted by Gasteiger charge is 2.19. The third kappa shape index (κ3) is 5.17. The molecule has 0 radical (unpaired) electrons. The first-order chi connectivity index (χ1) is 16.8. The van der Waals surface area contributed by atoms with E-state index in [9.17, 15) is 14.4 Å². The minimum Gasteiger partial charge on any atom is -0.495 e. The molecule has 3 aromatic carbocycles. The molecule has 0 aliphatic rings. The molecule has 178 valence electrons. The molecule has 1 aromatic heterocycles. The van der Waals surface area contributed by atoms with Crippen LogP contribution in [0.2, 0.25) is 5.02 Å². The van der Waals surface area contributed by atoms with E-state index in [1.807, 2.05) is 13.0 Å². The Hall–Kier alpha value is -4.17. The van der Waals surface area contributed by atoms with Crippen LogP contribution in [0.15, 0.2) is 65.5 Å². The van der Waals surface area contributed by atoms with Gasteiger partial charge in [0, 0.05) is 17.5 Å². The lowest BCUT2D eigenvalue weighted by Gasteiger charge is -2.15. The second kappa shape index (κ2) is 9.99. The standard InChI is InChI=1S/C26H23ClN4O4/c1-15-8-10-19(28-16(2)32)18(12-15)25-26(34)31(22-7-5-4-6-20(22)30-25)14-24(33)29-21-13-17(27)9-11-23(21)35-3/h4-13H,14H2,1-3H3,(H,28,32)(H,29,33). The SMILES string of the molecule is COc1ccc(Cl)cc1NC(=O)Cn1c(=O)c(-c2cc(C)ccc2NC(C)=O)nc2ccccc21. The number of halogens is 1. The van der Waals surface area contributed by atoms with Gasteiger partial charge in [-0.25, -0.2) is 4.98 Å². The lowest BCUT2D eigenvalue weighted by Crippen LogP contribution is -2.30. The van der Waals surface area contributed by atoms with Crippen LogP contribution in [-0.4, -0.2) is 28.5 Å². The Morgan fingerprint density at radius 3 is 2.54 bits per heavy atom. The van der Waals surface area contributed by atoms with Crippen LogP contribution in [-0.2, 0) is 16.1 Å².